The normalized spacial score (nSPS) is 10.4. The van der Waals surface area contributed by atoms with Crippen molar-refractivity contribution in [3.05, 3.63) is 81.9 Å². The zero-order valence-electron chi connectivity index (χ0n) is 12.8. The minimum Gasteiger partial charge on any atom is -0.289 e. The van der Waals surface area contributed by atoms with Crippen LogP contribution in [-0.2, 0) is 6.54 Å². The quantitative estimate of drug-likeness (QED) is 0.567. The van der Waals surface area contributed by atoms with Crippen molar-refractivity contribution in [2.24, 2.45) is 0 Å². The molecular weight excluding hydrogens is 329 g/mol. The average molecular weight is 341 g/mol. The van der Waals surface area contributed by atoms with E-state index in [0.29, 0.717) is 5.56 Å². The minimum absolute atomic E-state index is 0.0490. The summed E-state index contributed by atoms with van der Waals surface area (Å²) < 4.78 is 14.6. The second kappa shape index (κ2) is 6.87. The van der Waals surface area contributed by atoms with E-state index in [1.54, 1.807) is 12.1 Å². The van der Waals surface area contributed by atoms with E-state index in [0.717, 1.165) is 0 Å². The molecule has 0 saturated carbocycles. The molecule has 1 N–H and O–H groups in total. The van der Waals surface area contributed by atoms with Gasteiger partial charge in [0.2, 0.25) is 5.95 Å². The van der Waals surface area contributed by atoms with Gasteiger partial charge in [0, 0.05) is 17.7 Å². The van der Waals surface area contributed by atoms with E-state index in [1.807, 2.05) is 0 Å². The van der Waals surface area contributed by atoms with E-state index in [2.05, 4.69) is 15.4 Å². The number of hydrogen-bond donors (Lipinski definition) is 1. The zero-order valence-corrected chi connectivity index (χ0v) is 12.8. The van der Waals surface area contributed by atoms with E-state index < -0.39 is 10.8 Å². The lowest BCUT2D eigenvalue weighted by Crippen LogP contribution is -2.13. The highest BCUT2D eigenvalue weighted by Gasteiger charge is 2.13. The van der Waals surface area contributed by atoms with E-state index in [-0.39, 0.29) is 29.6 Å². The van der Waals surface area contributed by atoms with Crippen molar-refractivity contribution in [2.75, 3.05) is 5.32 Å². The van der Waals surface area contributed by atoms with Gasteiger partial charge in [0.05, 0.1) is 11.5 Å². The number of amides is 1. The number of carbonyl (C=O) groups is 1. The number of halogens is 1. The minimum atomic E-state index is -0.581. The standard InChI is InChI=1S/C16H12FN5O3/c17-13-5-1-3-11(7-13)9-21-10-18-16(20-21)19-15(23)12-4-2-6-14(8-12)22(24)25/h1-8,10H,9H2,(H,19,20,23). The summed E-state index contributed by atoms with van der Waals surface area (Å²) >= 11 is 0. The predicted octanol–water partition coefficient (Wildman–Crippen LogP) is 2.63. The highest BCUT2D eigenvalue weighted by Crippen LogP contribution is 2.14. The monoisotopic (exact) mass is 341 g/mol. The van der Waals surface area contributed by atoms with E-state index in [1.165, 1.54) is 47.4 Å². The van der Waals surface area contributed by atoms with Crippen LogP contribution >= 0.6 is 0 Å². The highest BCUT2D eigenvalue weighted by atomic mass is 19.1. The smallest absolute Gasteiger partial charge is 0.270 e. The fraction of sp³-hybridized carbons (Fsp3) is 0.0625. The molecule has 9 heteroatoms. The van der Waals surface area contributed by atoms with E-state index >= 15 is 0 Å². The van der Waals surface area contributed by atoms with Crippen molar-refractivity contribution < 1.29 is 14.1 Å². The number of aromatic nitrogens is 3. The molecule has 0 aliphatic heterocycles. The first-order valence-corrected chi connectivity index (χ1v) is 7.21. The molecule has 25 heavy (non-hydrogen) atoms. The van der Waals surface area contributed by atoms with Gasteiger partial charge < -0.3 is 0 Å². The average Bonchev–Trinajstić information content (AvgIpc) is 3.02. The Morgan fingerprint density at radius 3 is 2.80 bits per heavy atom. The fourth-order valence-corrected chi connectivity index (χ4v) is 2.18. The summed E-state index contributed by atoms with van der Waals surface area (Å²) in [7, 11) is 0. The fourth-order valence-electron chi connectivity index (χ4n) is 2.18. The van der Waals surface area contributed by atoms with Crippen LogP contribution in [0, 0.1) is 15.9 Å². The summed E-state index contributed by atoms with van der Waals surface area (Å²) in [6, 6.07) is 11.4. The van der Waals surface area contributed by atoms with Gasteiger partial charge in [-0.25, -0.2) is 14.1 Å². The molecule has 0 saturated heterocycles. The Hall–Kier alpha value is -3.62. The van der Waals surface area contributed by atoms with Gasteiger partial charge in [0.25, 0.3) is 11.6 Å². The van der Waals surface area contributed by atoms with Crippen molar-refractivity contribution in [3.63, 3.8) is 0 Å². The summed E-state index contributed by atoms with van der Waals surface area (Å²) in [5.74, 6) is -0.864. The number of hydrogen-bond acceptors (Lipinski definition) is 5. The van der Waals surface area contributed by atoms with Crippen LogP contribution in [0.1, 0.15) is 15.9 Å². The molecule has 1 amide bonds. The van der Waals surface area contributed by atoms with Crippen LogP contribution in [0.25, 0.3) is 0 Å². The molecule has 0 fully saturated rings. The Morgan fingerprint density at radius 1 is 1.24 bits per heavy atom. The van der Waals surface area contributed by atoms with Gasteiger partial charge in [0.1, 0.15) is 12.1 Å². The largest absolute Gasteiger partial charge is 0.289 e. The first-order valence-electron chi connectivity index (χ1n) is 7.21. The molecule has 0 aliphatic rings. The summed E-state index contributed by atoms with van der Waals surface area (Å²) in [4.78, 5) is 26.3. The topological polar surface area (TPSA) is 103 Å². The Morgan fingerprint density at radius 2 is 2.04 bits per heavy atom. The van der Waals surface area contributed by atoms with Crippen LogP contribution in [0.2, 0.25) is 0 Å². The highest BCUT2D eigenvalue weighted by molar-refractivity contribution is 6.03. The third-order valence-electron chi connectivity index (χ3n) is 3.31. The van der Waals surface area contributed by atoms with Crippen LogP contribution in [0.4, 0.5) is 16.0 Å². The third-order valence-corrected chi connectivity index (χ3v) is 3.31. The first kappa shape index (κ1) is 16.2. The molecule has 0 aliphatic carbocycles. The van der Waals surface area contributed by atoms with Gasteiger partial charge >= 0.3 is 0 Å². The number of rotatable bonds is 5. The lowest BCUT2D eigenvalue weighted by atomic mass is 10.2. The Bertz CT molecular complexity index is 941. The van der Waals surface area contributed by atoms with E-state index in [9.17, 15) is 19.3 Å². The molecule has 126 valence electrons. The summed E-state index contributed by atoms with van der Waals surface area (Å²) in [6.45, 7) is 0.289. The van der Waals surface area contributed by atoms with Gasteiger partial charge in [-0.1, -0.05) is 18.2 Å². The number of non-ortho nitro benzene ring substituents is 1. The van der Waals surface area contributed by atoms with Gasteiger partial charge in [-0.3, -0.25) is 20.2 Å². The lowest BCUT2D eigenvalue weighted by molar-refractivity contribution is -0.384. The van der Waals surface area contributed by atoms with Crippen LogP contribution in [0.15, 0.2) is 54.9 Å². The molecule has 1 heterocycles. The maximum Gasteiger partial charge on any atom is 0.270 e. The van der Waals surface area contributed by atoms with Gasteiger partial charge in [-0.15, -0.1) is 5.10 Å². The van der Waals surface area contributed by atoms with Crippen molar-refractivity contribution in [1.29, 1.82) is 0 Å². The number of nitro groups is 1. The molecule has 0 unspecified atom stereocenters. The zero-order chi connectivity index (χ0) is 17.8. The number of nitrogens with zero attached hydrogens (tertiary/aromatic N) is 4. The number of carbonyl (C=O) groups excluding carboxylic acids is 1. The Balaban J connectivity index is 1.69. The molecule has 0 bridgehead atoms. The maximum atomic E-state index is 13.2. The molecule has 1 aromatic heterocycles. The van der Waals surface area contributed by atoms with Crippen molar-refractivity contribution in [2.45, 2.75) is 6.54 Å². The van der Waals surface area contributed by atoms with Crippen LogP contribution in [0.3, 0.4) is 0 Å². The molecule has 0 atom stereocenters. The van der Waals surface area contributed by atoms with Crippen molar-refractivity contribution in [1.82, 2.24) is 14.8 Å². The number of nitrogens with one attached hydrogen (secondary N) is 1. The van der Waals surface area contributed by atoms with Gasteiger partial charge in [0.15, 0.2) is 0 Å². The molecular formula is C16H12FN5O3. The summed E-state index contributed by atoms with van der Waals surface area (Å²) in [6.07, 6.45) is 1.40. The first-order chi connectivity index (χ1) is 12.0. The number of benzene rings is 2. The Labute approximate surface area is 141 Å². The SMILES string of the molecule is O=C(Nc1ncn(Cc2cccc(F)c2)n1)c1cccc([N+](=O)[O-])c1. The number of anilines is 1. The van der Waals surface area contributed by atoms with E-state index in [4.69, 9.17) is 0 Å². The molecule has 0 spiro atoms. The summed E-state index contributed by atoms with van der Waals surface area (Å²) in [5.41, 5.74) is 0.634. The van der Waals surface area contributed by atoms with Gasteiger partial charge in [-0.05, 0) is 23.8 Å². The molecule has 3 rings (SSSR count). The van der Waals surface area contributed by atoms with Crippen LogP contribution in [0.5, 0.6) is 0 Å². The second-order valence-electron chi connectivity index (χ2n) is 5.16. The molecule has 8 nitrogen and oxygen atoms in total. The predicted molar refractivity (Wildman–Crippen MR) is 86.6 cm³/mol. The molecule has 3 aromatic rings. The Kier molecular flexibility index (Phi) is 4.46. The summed E-state index contributed by atoms with van der Waals surface area (Å²) in [5, 5.41) is 17.3. The van der Waals surface area contributed by atoms with Crippen molar-refractivity contribution in [3.8, 4) is 0 Å². The number of nitro benzene ring substituents is 1. The third kappa shape index (κ3) is 4.02. The van der Waals surface area contributed by atoms with Gasteiger partial charge in [-0.2, -0.15) is 0 Å². The molecule has 2 aromatic carbocycles. The lowest BCUT2D eigenvalue weighted by Gasteiger charge is -2.02. The van der Waals surface area contributed by atoms with Crippen molar-refractivity contribution >= 4 is 17.5 Å². The van der Waals surface area contributed by atoms with Crippen LogP contribution < -0.4 is 5.32 Å². The maximum absolute atomic E-state index is 13.2. The second-order valence-corrected chi connectivity index (χ2v) is 5.16. The molecule has 0 radical (unpaired) electrons. The van der Waals surface area contributed by atoms with Crippen LogP contribution in [-0.4, -0.2) is 25.6 Å².